The van der Waals surface area contributed by atoms with Gasteiger partial charge in [0, 0.05) is 38.6 Å². The number of phenols is 1. The minimum atomic E-state index is -0.635. The number of phenolic OH excluding ortho intramolecular Hbond substituents is 1. The van der Waals surface area contributed by atoms with E-state index in [1.54, 1.807) is 13.1 Å². The topological polar surface area (TPSA) is 77.0 Å². The van der Waals surface area contributed by atoms with E-state index in [-0.39, 0.29) is 17.7 Å². The lowest BCUT2D eigenvalue weighted by Crippen LogP contribution is -2.45. The van der Waals surface area contributed by atoms with Crippen molar-refractivity contribution in [3.63, 3.8) is 0 Å². The monoisotopic (exact) mass is 362 g/mol. The number of hydrogen-bond acceptors (Lipinski definition) is 3. The van der Waals surface area contributed by atoms with Crippen LogP contribution < -0.4 is 10.6 Å². The van der Waals surface area contributed by atoms with Gasteiger partial charge in [-0.15, -0.1) is 0 Å². The van der Waals surface area contributed by atoms with Crippen molar-refractivity contribution in [1.29, 1.82) is 0 Å². The molecule has 1 saturated heterocycles. The summed E-state index contributed by atoms with van der Waals surface area (Å²) >= 11 is 0. The van der Waals surface area contributed by atoms with E-state index in [0.717, 1.165) is 25.8 Å². The number of nitrogens with zero attached hydrogens (tertiary/aromatic N) is 2. The molecular formula is C19H27FN4O2. The Morgan fingerprint density at radius 2 is 2.12 bits per heavy atom. The molecule has 1 aliphatic heterocycles. The van der Waals surface area contributed by atoms with Crippen molar-refractivity contribution < 1.29 is 14.3 Å². The molecule has 1 amide bonds. The maximum absolute atomic E-state index is 13.4. The first kappa shape index (κ1) is 18.5. The fourth-order valence-electron chi connectivity index (χ4n) is 3.74. The highest BCUT2D eigenvalue weighted by molar-refractivity contribution is 5.81. The van der Waals surface area contributed by atoms with Gasteiger partial charge in [0.25, 0.3) is 0 Å². The van der Waals surface area contributed by atoms with Gasteiger partial charge >= 0.3 is 0 Å². The van der Waals surface area contributed by atoms with E-state index in [9.17, 15) is 14.3 Å². The molecule has 1 aromatic rings. The molecule has 7 heteroatoms. The smallest absolute Gasteiger partial charge is 0.225 e. The molecule has 2 aliphatic rings. The first-order valence-corrected chi connectivity index (χ1v) is 9.30. The van der Waals surface area contributed by atoms with Crippen LogP contribution in [0.3, 0.4) is 0 Å². The van der Waals surface area contributed by atoms with Crippen molar-refractivity contribution in [2.24, 2.45) is 10.9 Å². The minimum absolute atomic E-state index is 0.170. The number of nitrogens with one attached hydrogen (secondary N) is 2. The Morgan fingerprint density at radius 3 is 2.81 bits per heavy atom. The van der Waals surface area contributed by atoms with Crippen molar-refractivity contribution in [3.8, 4) is 5.75 Å². The zero-order valence-corrected chi connectivity index (χ0v) is 15.2. The van der Waals surface area contributed by atoms with Crippen molar-refractivity contribution in [2.45, 2.75) is 44.7 Å². The number of aromatic hydroxyl groups is 1. The summed E-state index contributed by atoms with van der Waals surface area (Å²) in [4.78, 5) is 18.7. The molecule has 1 heterocycles. The van der Waals surface area contributed by atoms with E-state index >= 15 is 0 Å². The van der Waals surface area contributed by atoms with Crippen LogP contribution >= 0.6 is 0 Å². The number of carbonyl (C=O) groups is 1. The van der Waals surface area contributed by atoms with Crippen LogP contribution in [0.5, 0.6) is 5.75 Å². The van der Waals surface area contributed by atoms with Crippen LogP contribution in [0.25, 0.3) is 0 Å². The predicted molar refractivity (Wildman–Crippen MR) is 98.3 cm³/mol. The fraction of sp³-hybridized carbons (Fsp3) is 0.579. The molecule has 0 aromatic heterocycles. The molecule has 0 spiro atoms. The molecule has 1 atom stereocenters. The molecule has 142 valence electrons. The quantitative estimate of drug-likeness (QED) is 0.565. The fourth-order valence-corrected chi connectivity index (χ4v) is 3.74. The Balaban J connectivity index is 1.47. The van der Waals surface area contributed by atoms with Crippen LogP contribution in [0, 0.1) is 11.7 Å². The standard InChI is InChI=1S/C19H27FN4O2/c1-21-19(22-11-13-6-7-17(25)16(20)10-13)23-15-8-9-24(12-15)18(26)14-4-2-3-5-14/h6-7,10,14-15,25H,2-5,8-9,11-12H2,1H3,(H2,21,22,23). The molecule has 0 bridgehead atoms. The Kier molecular flexibility index (Phi) is 5.96. The lowest BCUT2D eigenvalue weighted by molar-refractivity contribution is -0.134. The van der Waals surface area contributed by atoms with Crippen LogP contribution in [-0.2, 0) is 11.3 Å². The van der Waals surface area contributed by atoms with Crippen molar-refractivity contribution in [1.82, 2.24) is 15.5 Å². The van der Waals surface area contributed by atoms with E-state index in [4.69, 9.17) is 0 Å². The molecule has 1 aromatic carbocycles. The number of halogens is 1. The van der Waals surface area contributed by atoms with Gasteiger partial charge in [-0.3, -0.25) is 9.79 Å². The molecule has 3 N–H and O–H groups in total. The van der Waals surface area contributed by atoms with Crippen molar-refractivity contribution >= 4 is 11.9 Å². The second kappa shape index (κ2) is 8.38. The van der Waals surface area contributed by atoms with Crippen LogP contribution in [0.1, 0.15) is 37.7 Å². The van der Waals surface area contributed by atoms with Crippen LogP contribution in [0.2, 0.25) is 0 Å². The van der Waals surface area contributed by atoms with Gasteiger partial charge in [0.05, 0.1) is 0 Å². The lowest BCUT2D eigenvalue weighted by Gasteiger charge is -2.21. The second-order valence-corrected chi connectivity index (χ2v) is 7.11. The van der Waals surface area contributed by atoms with E-state index in [2.05, 4.69) is 15.6 Å². The summed E-state index contributed by atoms with van der Waals surface area (Å²) in [5.74, 6) is 0.155. The van der Waals surface area contributed by atoms with Crippen LogP contribution in [0.15, 0.2) is 23.2 Å². The minimum Gasteiger partial charge on any atom is -0.505 e. The highest BCUT2D eigenvalue weighted by Gasteiger charge is 2.32. The first-order valence-electron chi connectivity index (χ1n) is 9.30. The summed E-state index contributed by atoms with van der Waals surface area (Å²) in [6.45, 7) is 1.88. The third kappa shape index (κ3) is 4.45. The van der Waals surface area contributed by atoms with Crippen molar-refractivity contribution in [2.75, 3.05) is 20.1 Å². The molecule has 0 radical (unpaired) electrons. The Morgan fingerprint density at radius 1 is 1.35 bits per heavy atom. The van der Waals surface area contributed by atoms with E-state index in [1.165, 1.54) is 25.0 Å². The number of hydrogen-bond donors (Lipinski definition) is 3. The molecule has 3 rings (SSSR count). The highest BCUT2D eigenvalue weighted by Crippen LogP contribution is 2.27. The Hall–Kier alpha value is -2.31. The zero-order chi connectivity index (χ0) is 18.5. The second-order valence-electron chi connectivity index (χ2n) is 7.11. The molecule has 1 saturated carbocycles. The normalized spacial score (nSPS) is 21.2. The largest absolute Gasteiger partial charge is 0.505 e. The summed E-state index contributed by atoms with van der Waals surface area (Å²) in [5.41, 5.74) is 0.715. The molecule has 2 fully saturated rings. The number of amides is 1. The average Bonchev–Trinajstić information content (AvgIpc) is 3.33. The van der Waals surface area contributed by atoms with Gasteiger partial charge < -0.3 is 20.6 Å². The highest BCUT2D eigenvalue weighted by atomic mass is 19.1. The third-order valence-electron chi connectivity index (χ3n) is 5.24. The van der Waals surface area contributed by atoms with Gasteiger partial charge in [-0.05, 0) is 37.0 Å². The number of carbonyl (C=O) groups excluding carboxylic acids is 1. The van der Waals surface area contributed by atoms with Gasteiger partial charge in [0.1, 0.15) is 0 Å². The van der Waals surface area contributed by atoms with E-state index in [1.807, 2.05) is 4.90 Å². The van der Waals surface area contributed by atoms with Crippen molar-refractivity contribution in [3.05, 3.63) is 29.6 Å². The number of benzene rings is 1. The maximum Gasteiger partial charge on any atom is 0.225 e. The summed E-state index contributed by atoms with van der Waals surface area (Å²) in [6, 6.07) is 4.47. The van der Waals surface area contributed by atoms with E-state index < -0.39 is 5.82 Å². The van der Waals surface area contributed by atoms with Gasteiger partial charge in [0.2, 0.25) is 5.91 Å². The van der Waals surface area contributed by atoms with E-state index in [0.29, 0.717) is 30.5 Å². The summed E-state index contributed by atoms with van der Waals surface area (Å²) in [5, 5.41) is 15.7. The molecular weight excluding hydrogens is 335 g/mol. The third-order valence-corrected chi connectivity index (χ3v) is 5.24. The Labute approximate surface area is 153 Å². The molecule has 1 aliphatic carbocycles. The first-order chi connectivity index (χ1) is 12.6. The molecule has 6 nitrogen and oxygen atoms in total. The summed E-state index contributed by atoms with van der Waals surface area (Å²) in [6.07, 6.45) is 5.29. The van der Waals surface area contributed by atoms with Crippen LogP contribution in [-0.4, -0.2) is 48.1 Å². The molecule has 26 heavy (non-hydrogen) atoms. The Bertz CT molecular complexity index is 674. The summed E-state index contributed by atoms with van der Waals surface area (Å²) < 4.78 is 13.4. The van der Waals surface area contributed by atoms with Gasteiger partial charge in [-0.1, -0.05) is 18.9 Å². The number of rotatable bonds is 4. The summed E-state index contributed by atoms with van der Waals surface area (Å²) in [7, 11) is 1.68. The van der Waals surface area contributed by atoms with Crippen LogP contribution in [0.4, 0.5) is 4.39 Å². The predicted octanol–water partition coefficient (Wildman–Crippen LogP) is 1.99. The van der Waals surface area contributed by atoms with Gasteiger partial charge in [-0.25, -0.2) is 4.39 Å². The molecule has 1 unspecified atom stereocenters. The number of likely N-dealkylation sites (tertiary alicyclic amines) is 1. The number of aliphatic imine (C=N–C) groups is 1. The zero-order valence-electron chi connectivity index (χ0n) is 15.2. The van der Waals surface area contributed by atoms with Gasteiger partial charge in [0.15, 0.2) is 17.5 Å². The number of guanidine groups is 1. The lowest BCUT2D eigenvalue weighted by atomic mass is 10.1. The van der Waals surface area contributed by atoms with Gasteiger partial charge in [-0.2, -0.15) is 0 Å². The average molecular weight is 362 g/mol. The SMILES string of the molecule is CN=C(NCc1ccc(O)c(F)c1)NC1CCN(C(=O)C2CCCC2)C1. The maximum atomic E-state index is 13.4.